The molecule has 0 radical (unpaired) electrons. The molecular weight excluding hydrogens is 410 g/mol. The van der Waals surface area contributed by atoms with Gasteiger partial charge in [0.15, 0.2) is 0 Å². The van der Waals surface area contributed by atoms with Gasteiger partial charge in [0.2, 0.25) is 0 Å². The molecule has 2 aromatic carbocycles. The predicted molar refractivity (Wildman–Crippen MR) is 117 cm³/mol. The number of nitrogens with one attached hydrogen (secondary N) is 1. The van der Waals surface area contributed by atoms with Crippen LogP contribution in [-0.2, 0) is 0 Å². The third-order valence-electron chi connectivity index (χ3n) is 4.29. The Hall–Kier alpha value is -2.76. The van der Waals surface area contributed by atoms with Crippen LogP contribution in [0.4, 0.5) is 10.2 Å². The Bertz CT molecular complexity index is 1190. The van der Waals surface area contributed by atoms with Gasteiger partial charge in [0.05, 0.1) is 32.5 Å². The fourth-order valence-electron chi connectivity index (χ4n) is 3.01. The lowest BCUT2D eigenvalue weighted by molar-refractivity contribution is 0.628. The van der Waals surface area contributed by atoms with E-state index in [2.05, 4.69) is 10.3 Å². The van der Waals surface area contributed by atoms with Crippen LogP contribution in [0.2, 0.25) is 10.0 Å². The van der Waals surface area contributed by atoms with Crippen LogP contribution in [-0.4, -0.2) is 21.0 Å². The number of rotatable bonds is 4. The minimum Gasteiger partial charge on any atom is -0.368 e. The molecule has 7 heteroatoms. The van der Waals surface area contributed by atoms with Crippen LogP contribution in [0.1, 0.15) is 13.8 Å². The molecule has 0 spiro atoms. The number of halogens is 3. The maximum Gasteiger partial charge on any atom is 0.126 e. The largest absolute Gasteiger partial charge is 0.368 e. The number of fused-ring (bicyclic) bond motifs is 1. The van der Waals surface area contributed by atoms with Crippen molar-refractivity contribution in [3.63, 3.8) is 0 Å². The Morgan fingerprint density at radius 1 is 0.828 bits per heavy atom. The van der Waals surface area contributed by atoms with Crippen molar-refractivity contribution < 1.29 is 4.39 Å². The molecule has 0 aliphatic carbocycles. The number of nitrogens with zero attached hydrogens (tertiary/aromatic N) is 3. The molecule has 29 heavy (non-hydrogen) atoms. The van der Waals surface area contributed by atoms with Gasteiger partial charge in [-0.25, -0.2) is 19.3 Å². The summed E-state index contributed by atoms with van der Waals surface area (Å²) in [5, 5.41) is 4.10. The third-order valence-corrected chi connectivity index (χ3v) is 5.02. The highest BCUT2D eigenvalue weighted by molar-refractivity contribution is 6.42. The molecule has 0 aliphatic heterocycles. The predicted octanol–water partition coefficient (Wildman–Crippen LogP) is 6.63. The van der Waals surface area contributed by atoms with Crippen molar-refractivity contribution in [2.24, 2.45) is 0 Å². The smallest absolute Gasteiger partial charge is 0.126 e. The van der Waals surface area contributed by atoms with E-state index >= 15 is 0 Å². The first-order valence-corrected chi connectivity index (χ1v) is 9.82. The molecule has 0 atom stereocenters. The third kappa shape index (κ3) is 4.16. The van der Waals surface area contributed by atoms with E-state index in [9.17, 15) is 4.39 Å². The topological polar surface area (TPSA) is 50.7 Å². The lowest BCUT2D eigenvalue weighted by Gasteiger charge is -2.13. The average Bonchev–Trinajstić information content (AvgIpc) is 2.68. The quantitative estimate of drug-likeness (QED) is 0.397. The maximum atomic E-state index is 13.5. The number of aromatic nitrogens is 3. The van der Waals surface area contributed by atoms with Crippen molar-refractivity contribution in [2.75, 3.05) is 5.32 Å². The minimum atomic E-state index is -0.314. The second-order valence-electron chi connectivity index (χ2n) is 6.91. The molecule has 4 aromatic rings. The number of hydrogen-bond donors (Lipinski definition) is 1. The molecule has 0 aliphatic rings. The monoisotopic (exact) mass is 426 g/mol. The summed E-state index contributed by atoms with van der Waals surface area (Å²) in [6, 6.07) is 13.6. The van der Waals surface area contributed by atoms with Gasteiger partial charge in [-0.15, -0.1) is 0 Å². The number of hydrogen-bond acceptors (Lipinski definition) is 4. The summed E-state index contributed by atoms with van der Waals surface area (Å²) in [4.78, 5) is 13.9. The molecule has 4 nitrogen and oxygen atoms in total. The summed E-state index contributed by atoms with van der Waals surface area (Å²) in [5.41, 5.74) is 4.08. The molecular formula is C22H17Cl2FN4. The lowest BCUT2D eigenvalue weighted by Crippen LogP contribution is -2.10. The van der Waals surface area contributed by atoms with E-state index in [1.54, 1.807) is 30.5 Å². The normalized spacial score (nSPS) is 11.2. The first kappa shape index (κ1) is 19.6. The summed E-state index contributed by atoms with van der Waals surface area (Å²) >= 11 is 12.3. The first-order valence-electron chi connectivity index (χ1n) is 9.06. The van der Waals surface area contributed by atoms with Crippen molar-refractivity contribution in [1.82, 2.24) is 15.0 Å². The lowest BCUT2D eigenvalue weighted by atomic mass is 10.0. The van der Waals surface area contributed by atoms with Crippen molar-refractivity contribution in [2.45, 2.75) is 19.9 Å². The Kier molecular flexibility index (Phi) is 5.35. The first-order chi connectivity index (χ1) is 13.9. The summed E-state index contributed by atoms with van der Waals surface area (Å²) in [6.45, 7) is 4.08. The van der Waals surface area contributed by atoms with Gasteiger partial charge in [-0.1, -0.05) is 23.2 Å². The Labute approximate surface area is 177 Å². The van der Waals surface area contributed by atoms with Crippen LogP contribution in [0.15, 0.2) is 54.7 Å². The van der Waals surface area contributed by atoms with Crippen LogP contribution in [0.5, 0.6) is 0 Å². The Morgan fingerprint density at radius 3 is 2.00 bits per heavy atom. The molecule has 0 saturated carbocycles. The molecule has 0 saturated heterocycles. The maximum absolute atomic E-state index is 13.5. The van der Waals surface area contributed by atoms with Crippen LogP contribution in [0.3, 0.4) is 0 Å². The van der Waals surface area contributed by atoms with E-state index in [1.165, 1.54) is 12.1 Å². The van der Waals surface area contributed by atoms with E-state index < -0.39 is 0 Å². The number of benzene rings is 2. The summed E-state index contributed by atoms with van der Waals surface area (Å²) in [7, 11) is 0. The zero-order chi connectivity index (χ0) is 20.5. The van der Waals surface area contributed by atoms with Gasteiger partial charge in [0.1, 0.15) is 11.6 Å². The molecule has 0 fully saturated rings. The standard InChI is InChI=1S/C22H17Cl2FN4/c1-12(2)27-20-9-14(7-8-26-20)22-21(13-3-5-15(25)6-4-13)28-18-10-16(23)17(24)11-19(18)29-22/h3-12H,1-2H3,(H,26,27). The molecule has 0 amide bonds. The minimum absolute atomic E-state index is 0.234. The van der Waals surface area contributed by atoms with Crippen molar-refractivity contribution in [3.05, 3.63) is 70.6 Å². The van der Waals surface area contributed by atoms with Crippen molar-refractivity contribution in [1.29, 1.82) is 0 Å². The molecule has 2 heterocycles. The SMILES string of the molecule is CC(C)Nc1cc(-c2nc3cc(Cl)c(Cl)cc3nc2-c2ccc(F)cc2)ccn1. The molecule has 0 unspecified atom stereocenters. The number of pyridine rings is 1. The fraction of sp³-hybridized carbons (Fsp3) is 0.136. The van der Waals surface area contributed by atoms with Crippen LogP contribution in [0, 0.1) is 5.82 Å². The Morgan fingerprint density at radius 2 is 1.41 bits per heavy atom. The van der Waals surface area contributed by atoms with Gasteiger partial charge in [-0.2, -0.15) is 0 Å². The highest BCUT2D eigenvalue weighted by Crippen LogP contribution is 2.34. The fourth-order valence-corrected chi connectivity index (χ4v) is 3.33. The van der Waals surface area contributed by atoms with Gasteiger partial charge in [0.25, 0.3) is 0 Å². The van der Waals surface area contributed by atoms with Crippen molar-refractivity contribution >= 4 is 40.1 Å². The van der Waals surface area contributed by atoms with E-state index in [0.29, 0.717) is 32.5 Å². The second-order valence-corrected chi connectivity index (χ2v) is 7.73. The summed E-state index contributed by atoms with van der Waals surface area (Å²) < 4.78 is 13.5. The molecule has 146 valence electrons. The Balaban J connectivity index is 1.96. The van der Waals surface area contributed by atoms with Gasteiger partial charge in [0, 0.05) is 23.4 Å². The van der Waals surface area contributed by atoms with Gasteiger partial charge in [-0.3, -0.25) is 0 Å². The average molecular weight is 427 g/mol. The van der Waals surface area contributed by atoms with Crippen LogP contribution in [0.25, 0.3) is 33.5 Å². The highest BCUT2D eigenvalue weighted by Gasteiger charge is 2.15. The second kappa shape index (κ2) is 7.93. The van der Waals surface area contributed by atoms with Crippen LogP contribution >= 0.6 is 23.2 Å². The van der Waals surface area contributed by atoms with E-state index in [4.69, 9.17) is 33.2 Å². The van der Waals surface area contributed by atoms with Crippen LogP contribution < -0.4 is 5.32 Å². The number of anilines is 1. The molecule has 0 bridgehead atoms. The molecule has 2 aromatic heterocycles. The van der Waals surface area contributed by atoms with E-state index in [0.717, 1.165) is 16.9 Å². The zero-order valence-corrected chi connectivity index (χ0v) is 17.3. The zero-order valence-electron chi connectivity index (χ0n) is 15.7. The summed E-state index contributed by atoms with van der Waals surface area (Å²) in [5.74, 6) is 0.421. The van der Waals surface area contributed by atoms with Gasteiger partial charge in [-0.05, 0) is 62.4 Å². The summed E-state index contributed by atoms with van der Waals surface area (Å²) in [6.07, 6.45) is 1.72. The molecule has 4 rings (SSSR count). The highest BCUT2D eigenvalue weighted by atomic mass is 35.5. The van der Waals surface area contributed by atoms with Gasteiger partial charge < -0.3 is 5.32 Å². The molecule has 1 N–H and O–H groups in total. The van der Waals surface area contributed by atoms with E-state index in [-0.39, 0.29) is 11.9 Å². The van der Waals surface area contributed by atoms with Crippen molar-refractivity contribution in [3.8, 4) is 22.5 Å². The van der Waals surface area contributed by atoms with Gasteiger partial charge >= 0.3 is 0 Å². The van der Waals surface area contributed by atoms with E-state index in [1.807, 2.05) is 26.0 Å².